The third kappa shape index (κ3) is 5.08. The first-order chi connectivity index (χ1) is 9.19. The van der Waals surface area contributed by atoms with Crippen LogP contribution in [0.1, 0.15) is 23.0 Å². The van der Waals surface area contributed by atoms with Crippen molar-refractivity contribution in [3.8, 4) is 11.8 Å². The minimum Gasteiger partial charge on any atom is -0.384 e. The molecule has 0 aliphatic carbocycles. The molecule has 2 N–H and O–H groups in total. The van der Waals surface area contributed by atoms with Crippen LogP contribution in [-0.2, 0) is 4.74 Å². The molecule has 0 aliphatic heterocycles. The second kappa shape index (κ2) is 8.25. The Morgan fingerprint density at radius 2 is 2.42 bits per heavy atom. The maximum Gasteiger partial charge on any atom is 0.271 e. The molecule has 5 heteroatoms. The van der Waals surface area contributed by atoms with Crippen molar-refractivity contribution in [3.63, 3.8) is 0 Å². The number of hydrogen-bond acceptors (Lipinski definition) is 4. The fraction of sp³-hybridized carbons (Fsp3) is 0.429. The molecule has 1 amide bonds. The van der Waals surface area contributed by atoms with Gasteiger partial charge in [0.25, 0.3) is 5.91 Å². The van der Waals surface area contributed by atoms with Crippen LogP contribution in [0.15, 0.2) is 18.3 Å². The molecule has 1 atom stereocenters. The van der Waals surface area contributed by atoms with Crippen LogP contribution in [0.5, 0.6) is 0 Å². The van der Waals surface area contributed by atoms with E-state index >= 15 is 0 Å². The highest BCUT2D eigenvalue weighted by molar-refractivity contribution is 5.94. The van der Waals surface area contributed by atoms with Crippen LogP contribution in [0, 0.1) is 17.8 Å². The van der Waals surface area contributed by atoms with Crippen molar-refractivity contribution in [2.45, 2.75) is 6.92 Å². The van der Waals surface area contributed by atoms with Gasteiger partial charge in [-0.1, -0.05) is 18.8 Å². The van der Waals surface area contributed by atoms with E-state index in [0.717, 1.165) is 0 Å². The van der Waals surface area contributed by atoms with Gasteiger partial charge in [-0.3, -0.25) is 4.79 Å². The fourth-order valence-electron chi connectivity index (χ4n) is 1.52. The number of rotatable bonds is 5. The molecule has 0 radical (unpaired) electrons. The SMILES string of the molecule is COCC(C)CNC(=O)c1ncccc1C#CCO. The van der Waals surface area contributed by atoms with Crippen molar-refractivity contribution in [3.05, 3.63) is 29.6 Å². The number of nitrogens with zero attached hydrogens (tertiary/aromatic N) is 1. The molecule has 0 aromatic carbocycles. The number of amides is 1. The molecule has 1 unspecified atom stereocenters. The molecule has 1 heterocycles. The summed E-state index contributed by atoms with van der Waals surface area (Å²) in [6.07, 6.45) is 1.54. The summed E-state index contributed by atoms with van der Waals surface area (Å²) in [6.45, 7) is 2.82. The summed E-state index contributed by atoms with van der Waals surface area (Å²) >= 11 is 0. The highest BCUT2D eigenvalue weighted by Gasteiger charge is 2.12. The van der Waals surface area contributed by atoms with E-state index in [-0.39, 0.29) is 24.1 Å². The van der Waals surface area contributed by atoms with Crippen LogP contribution >= 0.6 is 0 Å². The first-order valence-electron chi connectivity index (χ1n) is 6.01. The summed E-state index contributed by atoms with van der Waals surface area (Å²) in [5, 5.41) is 11.5. The zero-order valence-corrected chi connectivity index (χ0v) is 11.1. The minimum absolute atomic E-state index is 0.227. The van der Waals surface area contributed by atoms with Gasteiger partial charge in [-0.15, -0.1) is 0 Å². The topological polar surface area (TPSA) is 71.5 Å². The first-order valence-corrected chi connectivity index (χ1v) is 6.01. The van der Waals surface area contributed by atoms with E-state index in [1.54, 1.807) is 19.2 Å². The van der Waals surface area contributed by atoms with Crippen molar-refractivity contribution in [1.82, 2.24) is 10.3 Å². The molecule has 0 bridgehead atoms. The lowest BCUT2D eigenvalue weighted by Crippen LogP contribution is -2.31. The predicted octanol–water partition coefficient (Wildman–Crippen LogP) is 0.438. The first kappa shape index (κ1) is 15.2. The molecule has 102 valence electrons. The number of ether oxygens (including phenoxy) is 1. The van der Waals surface area contributed by atoms with Crippen LogP contribution in [0.4, 0.5) is 0 Å². The van der Waals surface area contributed by atoms with Gasteiger partial charge in [0.15, 0.2) is 0 Å². The van der Waals surface area contributed by atoms with E-state index in [2.05, 4.69) is 22.1 Å². The number of carbonyl (C=O) groups is 1. The lowest BCUT2D eigenvalue weighted by molar-refractivity contribution is 0.0929. The zero-order valence-electron chi connectivity index (χ0n) is 11.1. The summed E-state index contributed by atoms with van der Waals surface area (Å²) in [5.41, 5.74) is 0.779. The van der Waals surface area contributed by atoms with E-state index < -0.39 is 0 Å². The van der Waals surface area contributed by atoms with Gasteiger partial charge in [0, 0.05) is 19.9 Å². The number of pyridine rings is 1. The predicted molar refractivity (Wildman–Crippen MR) is 71.6 cm³/mol. The maximum atomic E-state index is 12.0. The van der Waals surface area contributed by atoms with E-state index in [4.69, 9.17) is 9.84 Å². The van der Waals surface area contributed by atoms with E-state index in [1.807, 2.05) is 6.92 Å². The lowest BCUT2D eigenvalue weighted by atomic mass is 10.1. The Bertz CT molecular complexity index is 477. The van der Waals surface area contributed by atoms with Crippen molar-refractivity contribution in [1.29, 1.82) is 0 Å². The average Bonchev–Trinajstić information content (AvgIpc) is 2.43. The van der Waals surface area contributed by atoms with Gasteiger partial charge in [-0.25, -0.2) is 4.98 Å². The molecular formula is C14H18N2O3. The molecule has 0 aliphatic rings. The lowest BCUT2D eigenvalue weighted by Gasteiger charge is -2.11. The van der Waals surface area contributed by atoms with Crippen LogP contribution in [0.25, 0.3) is 0 Å². The summed E-state index contributed by atoms with van der Waals surface area (Å²) in [6, 6.07) is 3.40. The highest BCUT2D eigenvalue weighted by Crippen LogP contribution is 2.04. The zero-order chi connectivity index (χ0) is 14.1. The maximum absolute atomic E-state index is 12.0. The summed E-state index contributed by atoms with van der Waals surface area (Å²) < 4.78 is 5.00. The Balaban J connectivity index is 2.71. The fourth-order valence-corrected chi connectivity index (χ4v) is 1.52. The van der Waals surface area contributed by atoms with Gasteiger partial charge in [0.05, 0.1) is 12.2 Å². The normalized spacial score (nSPS) is 11.3. The Morgan fingerprint density at radius 3 is 3.11 bits per heavy atom. The number of nitrogens with one attached hydrogen (secondary N) is 1. The van der Waals surface area contributed by atoms with Gasteiger partial charge in [0.2, 0.25) is 0 Å². The van der Waals surface area contributed by atoms with Crippen molar-refractivity contribution < 1.29 is 14.6 Å². The van der Waals surface area contributed by atoms with Crippen LogP contribution < -0.4 is 5.32 Å². The molecule has 0 spiro atoms. The third-order valence-electron chi connectivity index (χ3n) is 2.39. The number of carbonyl (C=O) groups excluding carboxylic acids is 1. The summed E-state index contributed by atoms with van der Waals surface area (Å²) in [7, 11) is 1.62. The second-order valence-electron chi connectivity index (χ2n) is 4.13. The van der Waals surface area contributed by atoms with Crippen LogP contribution in [0.2, 0.25) is 0 Å². The number of hydrogen-bond donors (Lipinski definition) is 2. The largest absolute Gasteiger partial charge is 0.384 e. The van der Waals surface area contributed by atoms with Crippen molar-refractivity contribution >= 4 is 5.91 Å². The van der Waals surface area contributed by atoms with Gasteiger partial charge >= 0.3 is 0 Å². The Morgan fingerprint density at radius 1 is 1.63 bits per heavy atom. The number of aliphatic hydroxyl groups is 1. The molecular weight excluding hydrogens is 244 g/mol. The Hall–Kier alpha value is -1.90. The monoisotopic (exact) mass is 262 g/mol. The quantitative estimate of drug-likeness (QED) is 0.755. The van der Waals surface area contributed by atoms with Gasteiger partial charge in [-0.2, -0.15) is 0 Å². The molecule has 19 heavy (non-hydrogen) atoms. The van der Waals surface area contributed by atoms with Crippen LogP contribution in [-0.4, -0.2) is 42.9 Å². The molecule has 1 aromatic heterocycles. The van der Waals surface area contributed by atoms with E-state index in [0.29, 0.717) is 18.7 Å². The molecule has 5 nitrogen and oxygen atoms in total. The highest BCUT2D eigenvalue weighted by atomic mass is 16.5. The molecule has 1 aromatic rings. The van der Waals surface area contributed by atoms with E-state index in [1.165, 1.54) is 6.20 Å². The standard InChI is InChI=1S/C14H18N2O3/c1-11(10-19-2)9-16-14(18)13-12(6-4-8-17)5-3-7-15-13/h3,5,7,11,17H,8-10H2,1-2H3,(H,16,18). The second-order valence-corrected chi connectivity index (χ2v) is 4.13. The van der Waals surface area contributed by atoms with E-state index in [9.17, 15) is 4.79 Å². The van der Waals surface area contributed by atoms with Crippen LogP contribution in [0.3, 0.4) is 0 Å². The molecule has 0 saturated heterocycles. The van der Waals surface area contributed by atoms with Gasteiger partial charge < -0.3 is 15.2 Å². The Labute approximate surface area is 113 Å². The summed E-state index contributed by atoms with van der Waals surface area (Å²) in [5.74, 6) is 5.17. The minimum atomic E-state index is -0.272. The molecule has 0 saturated carbocycles. The van der Waals surface area contributed by atoms with Crippen molar-refractivity contribution in [2.75, 3.05) is 26.9 Å². The van der Waals surface area contributed by atoms with Gasteiger partial charge in [0.1, 0.15) is 12.3 Å². The smallest absolute Gasteiger partial charge is 0.271 e. The Kier molecular flexibility index (Phi) is 6.58. The van der Waals surface area contributed by atoms with Crippen molar-refractivity contribution in [2.24, 2.45) is 5.92 Å². The number of aliphatic hydroxyl groups excluding tert-OH is 1. The molecule has 0 fully saturated rings. The third-order valence-corrected chi connectivity index (χ3v) is 2.39. The number of methoxy groups -OCH3 is 1. The molecule has 1 rings (SSSR count). The average molecular weight is 262 g/mol. The number of aromatic nitrogens is 1. The summed E-state index contributed by atoms with van der Waals surface area (Å²) in [4.78, 5) is 16.0. The van der Waals surface area contributed by atoms with Gasteiger partial charge in [-0.05, 0) is 18.1 Å².